The standard InChI is InChI=1S/C6H11NO3S/c1-11-4-5(8)7-3-2-6(9)10/h2-4H2,1H3,(H,7,8)(H,9,10). The summed E-state index contributed by atoms with van der Waals surface area (Å²) in [5.74, 6) is -0.618. The van der Waals surface area contributed by atoms with Crippen molar-refractivity contribution in [2.75, 3.05) is 18.6 Å². The van der Waals surface area contributed by atoms with E-state index in [1.807, 2.05) is 6.26 Å². The van der Waals surface area contributed by atoms with Gasteiger partial charge >= 0.3 is 5.97 Å². The predicted molar refractivity (Wildman–Crippen MR) is 43.6 cm³/mol. The third-order valence-corrected chi connectivity index (χ3v) is 1.49. The summed E-state index contributed by atoms with van der Waals surface area (Å²) in [6, 6.07) is 0. The lowest BCUT2D eigenvalue weighted by Crippen LogP contribution is -2.27. The van der Waals surface area contributed by atoms with Crippen molar-refractivity contribution >= 4 is 23.6 Å². The molecule has 0 aromatic heterocycles. The van der Waals surface area contributed by atoms with Gasteiger partial charge in [0.2, 0.25) is 5.91 Å². The summed E-state index contributed by atoms with van der Waals surface area (Å²) in [6.45, 7) is 0.217. The second-order valence-corrected chi connectivity index (χ2v) is 2.79. The molecule has 0 spiro atoms. The average molecular weight is 177 g/mol. The van der Waals surface area contributed by atoms with E-state index < -0.39 is 5.97 Å². The normalized spacial score (nSPS) is 9.18. The topological polar surface area (TPSA) is 66.4 Å². The Morgan fingerprint density at radius 3 is 2.64 bits per heavy atom. The van der Waals surface area contributed by atoms with Gasteiger partial charge in [0.15, 0.2) is 0 Å². The second-order valence-electron chi connectivity index (χ2n) is 1.93. The largest absolute Gasteiger partial charge is 0.481 e. The van der Waals surface area contributed by atoms with Gasteiger partial charge < -0.3 is 10.4 Å². The molecule has 0 fully saturated rings. The zero-order valence-electron chi connectivity index (χ0n) is 6.29. The van der Waals surface area contributed by atoms with Crippen molar-refractivity contribution in [1.82, 2.24) is 5.32 Å². The summed E-state index contributed by atoms with van der Waals surface area (Å²) in [5, 5.41) is 10.7. The van der Waals surface area contributed by atoms with E-state index in [1.54, 1.807) is 0 Å². The van der Waals surface area contributed by atoms with Gasteiger partial charge in [0.25, 0.3) is 0 Å². The molecule has 0 bridgehead atoms. The third-order valence-electron chi connectivity index (χ3n) is 0.936. The quantitative estimate of drug-likeness (QED) is 0.617. The van der Waals surface area contributed by atoms with Crippen LogP contribution in [0.5, 0.6) is 0 Å². The van der Waals surface area contributed by atoms with E-state index in [4.69, 9.17) is 5.11 Å². The average Bonchev–Trinajstić information content (AvgIpc) is 1.87. The van der Waals surface area contributed by atoms with Crippen molar-refractivity contribution in [2.45, 2.75) is 6.42 Å². The van der Waals surface area contributed by atoms with Crippen molar-refractivity contribution in [1.29, 1.82) is 0 Å². The van der Waals surface area contributed by atoms with Gasteiger partial charge in [0.1, 0.15) is 0 Å². The first-order valence-corrected chi connectivity index (χ1v) is 4.53. The minimum absolute atomic E-state index is 0.0138. The molecule has 0 saturated carbocycles. The Labute approximate surface area is 69.4 Å². The molecule has 0 aliphatic rings. The molecule has 0 saturated heterocycles. The molecule has 64 valence electrons. The Balaban J connectivity index is 3.24. The van der Waals surface area contributed by atoms with E-state index in [2.05, 4.69) is 5.32 Å². The van der Waals surface area contributed by atoms with Crippen LogP contribution >= 0.6 is 11.8 Å². The predicted octanol–water partition coefficient (Wildman–Crippen LogP) is -0.0597. The van der Waals surface area contributed by atoms with Gasteiger partial charge in [-0.1, -0.05) is 0 Å². The molecule has 2 N–H and O–H groups in total. The molecular weight excluding hydrogens is 166 g/mol. The minimum atomic E-state index is -0.894. The monoisotopic (exact) mass is 177 g/mol. The van der Waals surface area contributed by atoms with Crippen LogP contribution in [0.25, 0.3) is 0 Å². The molecule has 0 atom stereocenters. The molecule has 0 aromatic carbocycles. The molecule has 0 radical (unpaired) electrons. The minimum Gasteiger partial charge on any atom is -0.481 e. The lowest BCUT2D eigenvalue weighted by atomic mass is 10.4. The fourth-order valence-electron chi connectivity index (χ4n) is 0.491. The lowest BCUT2D eigenvalue weighted by Gasteiger charge is -1.99. The van der Waals surface area contributed by atoms with Gasteiger partial charge in [-0.25, -0.2) is 0 Å². The molecule has 1 amide bonds. The van der Waals surface area contributed by atoms with Crippen LogP contribution in [0.4, 0.5) is 0 Å². The Morgan fingerprint density at radius 1 is 1.55 bits per heavy atom. The summed E-state index contributed by atoms with van der Waals surface area (Å²) >= 11 is 1.41. The van der Waals surface area contributed by atoms with Gasteiger partial charge in [-0.3, -0.25) is 9.59 Å². The second kappa shape index (κ2) is 6.03. The van der Waals surface area contributed by atoms with Crippen LogP contribution in [0, 0.1) is 0 Å². The molecule has 0 unspecified atom stereocenters. The van der Waals surface area contributed by atoms with E-state index >= 15 is 0 Å². The van der Waals surface area contributed by atoms with E-state index in [-0.39, 0.29) is 18.9 Å². The van der Waals surface area contributed by atoms with E-state index in [1.165, 1.54) is 11.8 Å². The van der Waals surface area contributed by atoms with Crippen LogP contribution in [0.2, 0.25) is 0 Å². The Bertz CT molecular complexity index is 149. The first kappa shape index (κ1) is 10.3. The maximum atomic E-state index is 10.7. The number of hydrogen-bond acceptors (Lipinski definition) is 3. The lowest BCUT2D eigenvalue weighted by molar-refractivity contribution is -0.136. The van der Waals surface area contributed by atoms with Crippen LogP contribution in [0.3, 0.4) is 0 Å². The summed E-state index contributed by atoms with van der Waals surface area (Å²) in [4.78, 5) is 20.7. The molecule has 5 heteroatoms. The maximum absolute atomic E-state index is 10.7. The summed E-state index contributed by atoms with van der Waals surface area (Å²) in [5.41, 5.74) is 0. The van der Waals surface area contributed by atoms with Crippen LogP contribution in [-0.2, 0) is 9.59 Å². The highest BCUT2D eigenvalue weighted by Crippen LogP contribution is 1.88. The number of thioether (sulfide) groups is 1. The fourth-order valence-corrected chi connectivity index (χ4v) is 0.855. The highest BCUT2D eigenvalue weighted by atomic mass is 32.2. The van der Waals surface area contributed by atoms with Gasteiger partial charge in [0.05, 0.1) is 12.2 Å². The summed E-state index contributed by atoms with van der Waals surface area (Å²) in [7, 11) is 0. The maximum Gasteiger partial charge on any atom is 0.305 e. The molecule has 0 aliphatic carbocycles. The molecule has 0 aromatic rings. The first-order chi connectivity index (χ1) is 5.16. The molecule has 0 rings (SSSR count). The van der Waals surface area contributed by atoms with Crippen molar-refractivity contribution in [3.63, 3.8) is 0 Å². The van der Waals surface area contributed by atoms with Crippen molar-refractivity contribution < 1.29 is 14.7 Å². The van der Waals surface area contributed by atoms with E-state index in [0.29, 0.717) is 5.75 Å². The number of aliphatic carboxylic acids is 1. The van der Waals surface area contributed by atoms with Crippen molar-refractivity contribution in [3.05, 3.63) is 0 Å². The smallest absolute Gasteiger partial charge is 0.305 e. The summed E-state index contributed by atoms with van der Waals surface area (Å²) in [6.07, 6.45) is 1.80. The van der Waals surface area contributed by atoms with Gasteiger partial charge in [-0.2, -0.15) is 11.8 Å². The highest BCUT2D eigenvalue weighted by molar-refractivity contribution is 7.99. The zero-order valence-corrected chi connectivity index (χ0v) is 7.11. The number of carbonyl (C=O) groups is 2. The summed E-state index contributed by atoms with van der Waals surface area (Å²) < 4.78 is 0. The van der Waals surface area contributed by atoms with Crippen LogP contribution < -0.4 is 5.32 Å². The molecular formula is C6H11NO3S. The van der Waals surface area contributed by atoms with Crippen LogP contribution in [0.1, 0.15) is 6.42 Å². The SMILES string of the molecule is CSCC(=O)NCCC(=O)O. The van der Waals surface area contributed by atoms with Crippen molar-refractivity contribution in [3.8, 4) is 0 Å². The number of rotatable bonds is 5. The van der Waals surface area contributed by atoms with Gasteiger partial charge in [-0.15, -0.1) is 0 Å². The van der Waals surface area contributed by atoms with E-state index in [9.17, 15) is 9.59 Å². The number of amides is 1. The highest BCUT2D eigenvalue weighted by Gasteiger charge is 2.00. The zero-order chi connectivity index (χ0) is 8.69. The Morgan fingerprint density at radius 2 is 2.18 bits per heavy atom. The van der Waals surface area contributed by atoms with Crippen molar-refractivity contribution in [2.24, 2.45) is 0 Å². The van der Waals surface area contributed by atoms with Crippen LogP contribution in [0.15, 0.2) is 0 Å². The third kappa shape index (κ3) is 7.18. The van der Waals surface area contributed by atoms with E-state index in [0.717, 1.165) is 0 Å². The molecule has 4 nitrogen and oxygen atoms in total. The van der Waals surface area contributed by atoms with Gasteiger partial charge in [-0.05, 0) is 6.26 Å². The Hall–Kier alpha value is -0.710. The number of hydrogen-bond donors (Lipinski definition) is 2. The molecule has 0 heterocycles. The van der Waals surface area contributed by atoms with Crippen LogP contribution in [-0.4, -0.2) is 35.5 Å². The number of carboxylic acid groups (broad SMARTS) is 1. The number of carbonyl (C=O) groups excluding carboxylic acids is 1. The fraction of sp³-hybridized carbons (Fsp3) is 0.667. The molecule has 11 heavy (non-hydrogen) atoms. The first-order valence-electron chi connectivity index (χ1n) is 3.14. The number of carboxylic acids is 1. The van der Waals surface area contributed by atoms with Gasteiger partial charge in [0, 0.05) is 6.54 Å². The number of nitrogens with one attached hydrogen (secondary N) is 1. The Kier molecular flexibility index (Phi) is 5.64. The molecule has 0 aliphatic heterocycles.